The third kappa shape index (κ3) is 3.72. The molecular weight excluding hydrogens is 224 g/mol. The predicted octanol–water partition coefficient (Wildman–Crippen LogP) is 4.02. The first-order chi connectivity index (χ1) is 7.08. The van der Waals surface area contributed by atoms with E-state index in [9.17, 15) is 17.6 Å². The summed E-state index contributed by atoms with van der Waals surface area (Å²) >= 11 is 0. The zero-order chi connectivity index (χ0) is 12.6. The lowest BCUT2D eigenvalue weighted by Crippen LogP contribution is -2.18. The van der Waals surface area contributed by atoms with Crippen LogP contribution in [0.4, 0.5) is 17.6 Å². The Bertz CT molecular complexity index is 377. The molecule has 0 N–H and O–H groups in total. The lowest BCUT2D eigenvalue weighted by Gasteiger charge is -2.20. The monoisotopic (exact) mass is 236 g/mol. The quantitative estimate of drug-likeness (QED) is 0.669. The first kappa shape index (κ1) is 12.8. The van der Waals surface area contributed by atoms with E-state index in [1.807, 2.05) is 0 Å². The average molecular weight is 236 g/mol. The maximum absolute atomic E-state index is 13.1. The van der Waals surface area contributed by atoms with E-state index in [2.05, 4.69) is 4.74 Å². The van der Waals surface area contributed by atoms with Gasteiger partial charge in [-0.05, 0) is 23.1 Å². The summed E-state index contributed by atoms with van der Waals surface area (Å²) in [6, 6.07) is 3.10. The van der Waals surface area contributed by atoms with Gasteiger partial charge in [0.1, 0.15) is 11.6 Å². The fraction of sp³-hybridized carbons (Fsp3) is 0.455. The van der Waals surface area contributed by atoms with Crippen molar-refractivity contribution < 1.29 is 22.3 Å². The lowest BCUT2D eigenvalue weighted by atomic mass is 9.87. The number of ether oxygens (including phenoxy) is 1. The van der Waals surface area contributed by atoms with Crippen molar-refractivity contribution in [2.75, 3.05) is 0 Å². The number of hydrogen-bond donors (Lipinski definition) is 0. The van der Waals surface area contributed by atoms with E-state index in [1.165, 1.54) is 12.1 Å². The number of benzene rings is 1. The second-order valence-electron chi connectivity index (χ2n) is 4.47. The van der Waals surface area contributed by atoms with E-state index >= 15 is 0 Å². The molecule has 1 nitrogen and oxygen atoms in total. The summed E-state index contributed by atoms with van der Waals surface area (Å²) in [4.78, 5) is 0. The molecule has 5 heteroatoms. The molecule has 0 radical (unpaired) electrons. The van der Waals surface area contributed by atoms with Crippen molar-refractivity contribution >= 4 is 0 Å². The standard InChI is InChI=1S/C11H12F4O/c1-10(2,3)7-4-8(12)6-9(5-7)16-11(13,14)15/h4-6H,1-3H3. The van der Waals surface area contributed by atoms with E-state index < -0.39 is 23.3 Å². The summed E-state index contributed by atoms with van der Waals surface area (Å²) in [6.45, 7) is 5.33. The summed E-state index contributed by atoms with van der Waals surface area (Å²) in [6.07, 6.45) is -4.80. The molecule has 1 rings (SSSR count). The van der Waals surface area contributed by atoms with Crippen LogP contribution in [-0.4, -0.2) is 6.36 Å². The normalized spacial score (nSPS) is 12.7. The number of halogens is 4. The molecule has 90 valence electrons. The summed E-state index contributed by atoms with van der Waals surface area (Å²) in [5, 5.41) is 0. The van der Waals surface area contributed by atoms with Crippen molar-refractivity contribution in [3.63, 3.8) is 0 Å². The van der Waals surface area contributed by atoms with Crippen LogP contribution in [0.25, 0.3) is 0 Å². The van der Waals surface area contributed by atoms with Gasteiger partial charge in [0.25, 0.3) is 0 Å². The predicted molar refractivity (Wildman–Crippen MR) is 51.8 cm³/mol. The molecule has 0 unspecified atom stereocenters. The van der Waals surface area contributed by atoms with Crippen molar-refractivity contribution in [2.45, 2.75) is 32.5 Å². The number of alkyl halides is 3. The molecule has 0 fully saturated rings. The van der Waals surface area contributed by atoms with E-state index in [0.29, 0.717) is 11.6 Å². The second-order valence-corrected chi connectivity index (χ2v) is 4.47. The van der Waals surface area contributed by atoms with Gasteiger partial charge in [0, 0.05) is 6.07 Å². The minimum Gasteiger partial charge on any atom is -0.406 e. The Hall–Kier alpha value is -1.26. The topological polar surface area (TPSA) is 9.23 Å². The highest BCUT2D eigenvalue weighted by atomic mass is 19.4. The zero-order valence-electron chi connectivity index (χ0n) is 9.15. The fourth-order valence-corrected chi connectivity index (χ4v) is 1.19. The summed E-state index contributed by atoms with van der Waals surface area (Å²) in [5.74, 6) is -1.27. The molecule has 0 aliphatic heterocycles. The molecule has 0 heterocycles. The first-order valence-electron chi connectivity index (χ1n) is 4.65. The first-order valence-corrected chi connectivity index (χ1v) is 4.65. The Morgan fingerprint density at radius 3 is 2.00 bits per heavy atom. The van der Waals surface area contributed by atoms with Crippen molar-refractivity contribution in [1.82, 2.24) is 0 Å². The minimum absolute atomic E-state index is 0.439. The molecular formula is C11H12F4O. The Labute approximate surface area is 91.0 Å². The highest BCUT2D eigenvalue weighted by Gasteiger charge is 2.31. The minimum atomic E-state index is -4.80. The molecule has 1 aromatic rings. The molecule has 0 amide bonds. The van der Waals surface area contributed by atoms with Gasteiger partial charge in [0.05, 0.1) is 0 Å². The molecule has 0 spiro atoms. The van der Waals surface area contributed by atoms with Crippen molar-refractivity contribution in [1.29, 1.82) is 0 Å². The van der Waals surface area contributed by atoms with Gasteiger partial charge in [0.2, 0.25) is 0 Å². The Balaban J connectivity index is 3.09. The maximum atomic E-state index is 13.1. The highest BCUT2D eigenvalue weighted by molar-refractivity contribution is 5.33. The Kier molecular flexibility index (Phi) is 3.17. The molecule has 0 saturated heterocycles. The second kappa shape index (κ2) is 3.96. The van der Waals surface area contributed by atoms with E-state index in [-0.39, 0.29) is 0 Å². The van der Waals surface area contributed by atoms with E-state index in [0.717, 1.165) is 0 Å². The third-order valence-corrected chi connectivity index (χ3v) is 1.97. The number of hydrogen-bond acceptors (Lipinski definition) is 1. The van der Waals surface area contributed by atoms with Gasteiger partial charge in [0.15, 0.2) is 0 Å². The van der Waals surface area contributed by atoms with Crippen LogP contribution in [0.2, 0.25) is 0 Å². The van der Waals surface area contributed by atoms with Crippen LogP contribution in [0, 0.1) is 5.82 Å². The van der Waals surface area contributed by atoms with Crippen molar-refractivity contribution in [2.24, 2.45) is 0 Å². The van der Waals surface area contributed by atoms with Crippen molar-refractivity contribution in [3.05, 3.63) is 29.6 Å². The number of rotatable bonds is 1. The van der Waals surface area contributed by atoms with Gasteiger partial charge >= 0.3 is 6.36 Å². The molecule has 1 aromatic carbocycles. The van der Waals surface area contributed by atoms with Crippen LogP contribution >= 0.6 is 0 Å². The van der Waals surface area contributed by atoms with Gasteiger partial charge in [-0.15, -0.1) is 13.2 Å². The molecule has 0 aliphatic carbocycles. The van der Waals surface area contributed by atoms with Gasteiger partial charge in [-0.1, -0.05) is 20.8 Å². The van der Waals surface area contributed by atoms with Gasteiger partial charge < -0.3 is 4.74 Å². The van der Waals surface area contributed by atoms with Crippen LogP contribution < -0.4 is 4.74 Å². The molecule has 0 bridgehead atoms. The fourth-order valence-electron chi connectivity index (χ4n) is 1.19. The third-order valence-electron chi connectivity index (χ3n) is 1.97. The van der Waals surface area contributed by atoms with Crippen LogP contribution in [-0.2, 0) is 5.41 Å². The maximum Gasteiger partial charge on any atom is 0.573 e. The van der Waals surface area contributed by atoms with Crippen LogP contribution in [0.15, 0.2) is 18.2 Å². The molecule has 0 saturated carbocycles. The largest absolute Gasteiger partial charge is 0.573 e. The smallest absolute Gasteiger partial charge is 0.406 e. The summed E-state index contributed by atoms with van der Waals surface area (Å²) < 4.78 is 52.6. The zero-order valence-corrected chi connectivity index (χ0v) is 9.15. The van der Waals surface area contributed by atoms with E-state index in [1.54, 1.807) is 20.8 Å². The molecule has 0 aliphatic rings. The Morgan fingerprint density at radius 1 is 1.00 bits per heavy atom. The molecule has 0 atom stereocenters. The summed E-state index contributed by atoms with van der Waals surface area (Å²) in [5.41, 5.74) is 0.0120. The SMILES string of the molecule is CC(C)(C)c1cc(F)cc(OC(F)(F)F)c1. The van der Waals surface area contributed by atoms with Crippen LogP contribution in [0.1, 0.15) is 26.3 Å². The highest BCUT2D eigenvalue weighted by Crippen LogP contribution is 2.30. The Morgan fingerprint density at radius 2 is 1.56 bits per heavy atom. The lowest BCUT2D eigenvalue weighted by molar-refractivity contribution is -0.274. The van der Waals surface area contributed by atoms with E-state index in [4.69, 9.17) is 0 Å². The van der Waals surface area contributed by atoms with Crippen LogP contribution in [0.5, 0.6) is 5.75 Å². The van der Waals surface area contributed by atoms with Gasteiger partial charge in [-0.3, -0.25) is 0 Å². The molecule has 0 aromatic heterocycles. The van der Waals surface area contributed by atoms with Crippen LogP contribution in [0.3, 0.4) is 0 Å². The van der Waals surface area contributed by atoms with Gasteiger partial charge in [-0.2, -0.15) is 0 Å². The van der Waals surface area contributed by atoms with Crippen molar-refractivity contribution in [3.8, 4) is 5.75 Å². The molecule has 16 heavy (non-hydrogen) atoms. The summed E-state index contributed by atoms with van der Waals surface area (Å²) in [7, 11) is 0. The van der Waals surface area contributed by atoms with Gasteiger partial charge in [-0.25, -0.2) is 4.39 Å². The average Bonchev–Trinajstić information content (AvgIpc) is 1.97.